The Morgan fingerprint density at radius 2 is 1.55 bits per heavy atom. The predicted octanol–water partition coefficient (Wildman–Crippen LogP) is 6.49. The molecule has 0 atom stereocenters. The molecule has 7 heteroatoms. The largest absolute Gasteiger partial charge is 0.489 e. The summed E-state index contributed by atoms with van der Waals surface area (Å²) in [5, 5.41) is 2.08. The quantitative estimate of drug-likeness (QED) is 0.385. The van der Waals surface area contributed by atoms with Crippen LogP contribution < -0.4 is 4.74 Å². The number of ether oxygens (including phenoxy) is 1. The molecule has 0 unspecified atom stereocenters. The molecule has 0 aromatic heterocycles. The van der Waals surface area contributed by atoms with Gasteiger partial charge >= 0.3 is 0 Å². The zero-order chi connectivity index (χ0) is 23.4. The monoisotopic (exact) mass is 502 g/mol. The van der Waals surface area contributed by atoms with Crippen molar-refractivity contribution in [3.63, 3.8) is 0 Å². The first-order chi connectivity index (χ1) is 15.9. The number of nitrogens with zero attached hydrogens (tertiary/aromatic N) is 2. The van der Waals surface area contributed by atoms with Gasteiger partial charge in [0.2, 0.25) is 0 Å². The normalized spacial score (nSPS) is 14.4. The number of carbonyl (C=O) groups is 1. The topological polar surface area (TPSA) is 32.8 Å². The van der Waals surface area contributed by atoms with Gasteiger partial charge in [-0.15, -0.1) is 0 Å². The molecule has 1 fully saturated rings. The number of halogens is 3. The highest BCUT2D eigenvalue weighted by Crippen LogP contribution is 2.26. The van der Waals surface area contributed by atoms with Crippen LogP contribution in [0.3, 0.4) is 0 Å². The lowest BCUT2D eigenvalue weighted by molar-refractivity contribution is 0.0628. The minimum absolute atomic E-state index is 0.0474. The third kappa shape index (κ3) is 6.01. The van der Waals surface area contributed by atoms with Gasteiger partial charge in [-0.05, 0) is 60.5 Å². The number of hydrogen-bond donors (Lipinski definition) is 0. The van der Waals surface area contributed by atoms with E-state index < -0.39 is 0 Å². The van der Waals surface area contributed by atoms with Crippen LogP contribution >= 0.6 is 34.8 Å². The average molecular weight is 504 g/mol. The lowest BCUT2D eigenvalue weighted by atomic mass is 10.1. The van der Waals surface area contributed by atoms with Crippen LogP contribution in [0.5, 0.6) is 5.75 Å². The highest BCUT2D eigenvalue weighted by molar-refractivity contribution is 6.36. The summed E-state index contributed by atoms with van der Waals surface area (Å²) in [6, 6.07) is 18.8. The Bertz CT molecular complexity index is 1110. The molecule has 3 aromatic carbocycles. The van der Waals surface area contributed by atoms with Gasteiger partial charge in [0.1, 0.15) is 12.4 Å². The zero-order valence-electron chi connectivity index (χ0n) is 18.4. The van der Waals surface area contributed by atoms with Crippen molar-refractivity contribution in [3.8, 4) is 5.75 Å². The average Bonchev–Trinajstić information content (AvgIpc) is 2.82. The van der Waals surface area contributed by atoms with E-state index in [4.69, 9.17) is 39.5 Å². The van der Waals surface area contributed by atoms with E-state index in [1.54, 1.807) is 0 Å². The Balaban J connectivity index is 1.29. The lowest BCUT2D eigenvalue weighted by Gasteiger charge is -2.35. The molecule has 0 bridgehead atoms. The van der Waals surface area contributed by atoms with Gasteiger partial charge in [-0.2, -0.15) is 0 Å². The van der Waals surface area contributed by atoms with Crippen molar-refractivity contribution in [1.82, 2.24) is 9.80 Å². The smallest absolute Gasteiger partial charge is 0.253 e. The second-order valence-corrected chi connectivity index (χ2v) is 9.39. The van der Waals surface area contributed by atoms with E-state index in [9.17, 15) is 4.79 Å². The standard InChI is InChI=1S/C26H25Cl3N2O2/c1-18-15-21(9-10-23(18)27)33-17-19-5-7-20(8-6-19)26(32)31-13-11-30(12-14-31)16-22-24(28)3-2-4-25(22)29/h2-10,15H,11-14,16-17H2,1H3. The third-order valence-corrected chi connectivity index (χ3v) is 6.97. The van der Waals surface area contributed by atoms with E-state index in [2.05, 4.69) is 4.90 Å². The summed E-state index contributed by atoms with van der Waals surface area (Å²) in [5.74, 6) is 0.819. The molecule has 1 aliphatic heterocycles. The van der Waals surface area contributed by atoms with Crippen LogP contribution in [0.2, 0.25) is 15.1 Å². The highest BCUT2D eigenvalue weighted by Gasteiger charge is 2.23. The number of amides is 1. The van der Waals surface area contributed by atoms with E-state index in [1.807, 2.05) is 72.5 Å². The van der Waals surface area contributed by atoms with Crippen LogP contribution in [0.15, 0.2) is 60.7 Å². The molecule has 3 aromatic rings. The predicted molar refractivity (Wildman–Crippen MR) is 135 cm³/mol. The third-order valence-electron chi connectivity index (χ3n) is 5.84. The van der Waals surface area contributed by atoms with Crippen LogP contribution in [0.4, 0.5) is 0 Å². The van der Waals surface area contributed by atoms with Crippen LogP contribution in [0.25, 0.3) is 0 Å². The van der Waals surface area contributed by atoms with Gasteiger partial charge in [0.25, 0.3) is 5.91 Å². The maximum Gasteiger partial charge on any atom is 0.253 e. The Labute approximate surface area is 209 Å². The van der Waals surface area contributed by atoms with Crippen LogP contribution in [-0.2, 0) is 13.2 Å². The second kappa shape index (κ2) is 10.8. The number of aryl methyl sites for hydroxylation is 1. The van der Waals surface area contributed by atoms with Gasteiger partial charge in [0, 0.05) is 58.9 Å². The minimum atomic E-state index is 0.0474. The number of rotatable bonds is 6. The number of benzene rings is 3. The molecule has 4 nitrogen and oxygen atoms in total. The summed E-state index contributed by atoms with van der Waals surface area (Å²) in [6.45, 7) is 5.95. The molecule has 172 valence electrons. The first-order valence-corrected chi connectivity index (χ1v) is 12.0. The Morgan fingerprint density at radius 1 is 0.879 bits per heavy atom. The maximum absolute atomic E-state index is 13.0. The molecule has 4 rings (SSSR count). The summed E-state index contributed by atoms with van der Waals surface area (Å²) in [5.41, 5.74) is 3.60. The van der Waals surface area contributed by atoms with Gasteiger partial charge in [-0.1, -0.05) is 53.0 Å². The highest BCUT2D eigenvalue weighted by atomic mass is 35.5. The summed E-state index contributed by atoms with van der Waals surface area (Å²) < 4.78 is 5.84. The van der Waals surface area contributed by atoms with Crippen molar-refractivity contribution in [3.05, 3.63) is 98.0 Å². The molecule has 1 saturated heterocycles. The molecule has 0 aliphatic carbocycles. The van der Waals surface area contributed by atoms with Gasteiger partial charge in [0.15, 0.2) is 0 Å². The Kier molecular flexibility index (Phi) is 7.82. The summed E-state index contributed by atoms with van der Waals surface area (Å²) >= 11 is 18.7. The summed E-state index contributed by atoms with van der Waals surface area (Å²) in [4.78, 5) is 17.1. The number of piperazine rings is 1. The fourth-order valence-corrected chi connectivity index (χ4v) is 4.45. The van der Waals surface area contributed by atoms with Gasteiger partial charge < -0.3 is 9.64 Å². The van der Waals surface area contributed by atoms with Crippen molar-refractivity contribution in [2.24, 2.45) is 0 Å². The van der Waals surface area contributed by atoms with Crippen LogP contribution in [0, 0.1) is 6.92 Å². The van der Waals surface area contributed by atoms with Gasteiger partial charge in [-0.25, -0.2) is 0 Å². The van der Waals surface area contributed by atoms with Gasteiger partial charge in [-0.3, -0.25) is 9.69 Å². The Morgan fingerprint density at radius 3 is 2.18 bits per heavy atom. The molecule has 0 saturated carbocycles. The molecular weight excluding hydrogens is 479 g/mol. The van der Waals surface area contributed by atoms with Crippen LogP contribution in [-0.4, -0.2) is 41.9 Å². The van der Waals surface area contributed by atoms with E-state index in [0.29, 0.717) is 41.8 Å². The molecule has 0 radical (unpaired) electrons. The molecule has 1 heterocycles. The Hall–Kier alpha value is -2.24. The van der Waals surface area contributed by atoms with E-state index >= 15 is 0 Å². The van der Waals surface area contributed by atoms with Crippen molar-refractivity contribution in [1.29, 1.82) is 0 Å². The summed E-state index contributed by atoms with van der Waals surface area (Å²) in [6.07, 6.45) is 0. The molecule has 1 aliphatic rings. The van der Waals surface area contributed by atoms with Crippen molar-refractivity contribution in [2.45, 2.75) is 20.1 Å². The van der Waals surface area contributed by atoms with E-state index in [0.717, 1.165) is 40.6 Å². The number of carbonyl (C=O) groups excluding carboxylic acids is 1. The van der Waals surface area contributed by atoms with Crippen molar-refractivity contribution in [2.75, 3.05) is 26.2 Å². The van der Waals surface area contributed by atoms with Crippen molar-refractivity contribution < 1.29 is 9.53 Å². The van der Waals surface area contributed by atoms with Gasteiger partial charge in [0.05, 0.1) is 0 Å². The fraction of sp³-hybridized carbons (Fsp3) is 0.269. The second-order valence-electron chi connectivity index (χ2n) is 8.17. The van der Waals surface area contributed by atoms with E-state index in [-0.39, 0.29) is 5.91 Å². The van der Waals surface area contributed by atoms with Crippen LogP contribution in [0.1, 0.15) is 27.0 Å². The fourth-order valence-electron chi connectivity index (χ4n) is 3.82. The number of hydrogen-bond acceptors (Lipinski definition) is 3. The first-order valence-electron chi connectivity index (χ1n) is 10.8. The molecule has 1 amide bonds. The molecule has 0 spiro atoms. The van der Waals surface area contributed by atoms with Crippen molar-refractivity contribution >= 4 is 40.7 Å². The SMILES string of the molecule is Cc1cc(OCc2ccc(C(=O)N3CCN(Cc4c(Cl)cccc4Cl)CC3)cc2)ccc1Cl. The lowest BCUT2D eigenvalue weighted by Crippen LogP contribution is -2.48. The zero-order valence-corrected chi connectivity index (χ0v) is 20.6. The minimum Gasteiger partial charge on any atom is -0.489 e. The molecular formula is C26H25Cl3N2O2. The molecule has 33 heavy (non-hydrogen) atoms. The maximum atomic E-state index is 13.0. The first kappa shape index (κ1) is 23.9. The van der Waals surface area contributed by atoms with E-state index in [1.165, 1.54) is 0 Å². The summed E-state index contributed by atoms with van der Waals surface area (Å²) in [7, 11) is 0. The molecule has 0 N–H and O–H groups in total.